The van der Waals surface area contributed by atoms with Crippen LogP contribution in [0.4, 0.5) is 10.1 Å². The van der Waals surface area contributed by atoms with E-state index in [1.165, 1.54) is 42.5 Å². The second-order valence-corrected chi connectivity index (χ2v) is 8.25. The molecular formula is C24H20ClFN6O3. The maximum Gasteiger partial charge on any atom is 0.267 e. The summed E-state index contributed by atoms with van der Waals surface area (Å²) in [5.74, 6) is -1.46. The molecule has 1 saturated heterocycles. The van der Waals surface area contributed by atoms with Gasteiger partial charge in [0.1, 0.15) is 12.4 Å². The molecule has 2 amide bonds. The molecule has 9 nitrogen and oxygen atoms in total. The summed E-state index contributed by atoms with van der Waals surface area (Å²) >= 11 is 5.72. The average Bonchev–Trinajstić information content (AvgIpc) is 2.86. The summed E-state index contributed by atoms with van der Waals surface area (Å²) in [7, 11) is 0. The minimum absolute atomic E-state index is 0.0455. The van der Waals surface area contributed by atoms with Gasteiger partial charge in [-0.1, -0.05) is 17.7 Å². The number of nitriles is 1. The molecule has 2 heterocycles. The van der Waals surface area contributed by atoms with Gasteiger partial charge in [0.15, 0.2) is 0 Å². The number of halogens is 2. The summed E-state index contributed by atoms with van der Waals surface area (Å²) in [5, 5.41) is 19.3. The summed E-state index contributed by atoms with van der Waals surface area (Å²) in [6, 6.07) is 13.1. The fourth-order valence-electron chi connectivity index (χ4n) is 3.65. The van der Waals surface area contributed by atoms with Crippen LogP contribution in [0.15, 0.2) is 53.3 Å². The van der Waals surface area contributed by atoms with Crippen LogP contribution in [0, 0.1) is 17.1 Å². The molecule has 3 aromatic rings. The topological polar surface area (TPSA) is 120 Å². The smallest absolute Gasteiger partial charge is 0.267 e. The molecule has 0 bridgehead atoms. The number of anilines is 1. The van der Waals surface area contributed by atoms with Crippen LogP contribution in [0.2, 0.25) is 5.02 Å². The number of hydrogen-bond acceptors (Lipinski definition) is 6. The molecule has 11 heteroatoms. The molecule has 35 heavy (non-hydrogen) atoms. The van der Waals surface area contributed by atoms with Gasteiger partial charge in [0, 0.05) is 49.1 Å². The molecule has 1 fully saturated rings. The van der Waals surface area contributed by atoms with Gasteiger partial charge in [0.2, 0.25) is 5.91 Å². The quantitative estimate of drug-likeness (QED) is 0.561. The monoisotopic (exact) mass is 494 g/mol. The maximum absolute atomic E-state index is 13.8. The van der Waals surface area contributed by atoms with Crippen LogP contribution in [0.25, 0.3) is 11.3 Å². The summed E-state index contributed by atoms with van der Waals surface area (Å²) in [4.78, 5) is 39.5. The first-order valence-electron chi connectivity index (χ1n) is 10.7. The van der Waals surface area contributed by atoms with Crippen molar-refractivity contribution in [3.05, 3.63) is 80.9 Å². The van der Waals surface area contributed by atoms with Gasteiger partial charge in [-0.05, 0) is 36.4 Å². The lowest BCUT2D eigenvalue weighted by atomic mass is 10.1. The van der Waals surface area contributed by atoms with Gasteiger partial charge in [-0.2, -0.15) is 10.4 Å². The van der Waals surface area contributed by atoms with Crippen molar-refractivity contribution in [3.8, 4) is 17.3 Å². The second kappa shape index (κ2) is 10.5. The zero-order valence-electron chi connectivity index (χ0n) is 18.4. The molecule has 178 valence electrons. The normalized spacial score (nSPS) is 13.2. The van der Waals surface area contributed by atoms with E-state index in [-0.39, 0.29) is 33.4 Å². The Morgan fingerprint density at radius 2 is 1.91 bits per heavy atom. The molecule has 0 spiro atoms. The maximum atomic E-state index is 13.8. The Balaban J connectivity index is 1.53. The summed E-state index contributed by atoms with van der Waals surface area (Å²) < 4.78 is 14.8. The van der Waals surface area contributed by atoms with Gasteiger partial charge >= 0.3 is 0 Å². The number of aromatic nitrogens is 2. The Hall–Kier alpha value is -4.07. The van der Waals surface area contributed by atoms with Gasteiger partial charge < -0.3 is 15.5 Å². The van der Waals surface area contributed by atoms with E-state index in [1.54, 1.807) is 11.0 Å². The van der Waals surface area contributed by atoms with Crippen molar-refractivity contribution in [1.82, 2.24) is 20.0 Å². The van der Waals surface area contributed by atoms with Crippen molar-refractivity contribution in [2.45, 2.75) is 6.54 Å². The van der Waals surface area contributed by atoms with Crippen LogP contribution in [-0.4, -0.2) is 52.7 Å². The van der Waals surface area contributed by atoms with E-state index in [9.17, 15) is 24.0 Å². The standard InChI is InChI=1S/C24H20ClFN6O3/c25-19-2-1-16(12-20(19)26)21-3-4-23(34)32(30-21)14-22(33)29-18-10-15(13-27)9-17(11-18)24(35)31-7-5-28-6-8-31/h1-4,9-12,28H,5-8,14H2,(H,29,33). The van der Waals surface area contributed by atoms with E-state index in [0.29, 0.717) is 31.7 Å². The number of nitrogens with zero attached hydrogens (tertiary/aromatic N) is 4. The number of piperazine rings is 1. The fourth-order valence-corrected chi connectivity index (χ4v) is 3.76. The van der Waals surface area contributed by atoms with Crippen LogP contribution < -0.4 is 16.2 Å². The van der Waals surface area contributed by atoms with E-state index in [4.69, 9.17) is 11.6 Å². The number of hydrogen-bond donors (Lipinski definition) is 2. The first-order valence-corrected chi connectivity index (χ1v) is 11.1. The first-order chi connectivity index (χ1) is 16.8. The van der Waals surface area contributed by atoms with Crippen LogP contribution >= 0.6 is 11.6 Å². The van der Waals surface area contributed by atoms with Gasteiger partial charge in [0.05, 0.1) is 22.3 Å². The fraction of sp³-hybridized carbons (Fsp3) is 0.208. The number of carbonyl (C=O) groups is 2. The minimum Gasteiger partial charge on any atom is -0.336 e. The van der Waals surface area contributed by atoms with Crippen LogP contribution in [0.3, 0.4) is 0 Å². The SMILES string of the molecule is N#Cc1cc(NC(=O)Cn2nc(-c3ccc(Cl)c(F)c3)ccc2=O)cc(C(=O)N2CCNCC2)c1. The molecule has 0 radical (unpaired) electrons. The summed E-state index contributed by atoms with van der Waals surface area (Å²) in [6.07, 6.45) is 0. The number of carbonyl (C=O) groups excluding carboxylic acids is 2. The molecule has 4 rings (SSSR count). The van der Waals surface area contributed by atoms with Gasteiger partial charge in [-0.25, -0.2) is 9.07 Å². The van der Waals surface area contributed by atoms with Crippen molar-refractivity contribution in [2.75, 3.05) is 31.5 Å². The first kappa shape index (κ1) is 24.1. The van der Waals surface area contributed by atoms with Crippen LogP contribution in [0.1, 0.15) is 15.9 Å². The highest BCUT2D eigenvalue weighted by Crippen LogP contribution is 2.22. The van der Waals surface area contributed by atoms with Gasteiger partial charge in [0.25, 0.3) is 11.5 Å². The van der Waals surface area contributed by atoms with E-state index in [0.717, 1.165) is 4.68 Å². The lowest BCUT2D eigenvalue weighted by molar-refractivity contribution is -0.117. The minimum atomic E-state index is -0.634. The number of benzene rings is 2. The summed E-state index contributed by atoms with van der Waals surface area (Å²) in [5.41, 5.74) is 0.879. The van der Waals surface area contributed by atoms with Crippen molar-refractivity contribution in [2.24, 2.45) is 0 Å². The van der Waals surface area contributed by atoms with Crippen LogP contribution in [0.5, 0.6) is 0 Å². The highest BCUT2D eigenvalue weighted by atomic mass is 35.5. The Morgan fingerprint density at radius 3 is 2.63 bits per heavy atom. The molecular weight excluding hydrogens is 475 g/mol. The Kier molecular flexibility index (Phi) is 7.19. The highest BCUT2D eigenvalue weighted by Gasteiger charge is 2.19. The van der Waals surface area contributed by atoms with E-state index < -0.39 is 23.8 Å². The lowest BCUT2D eigenvalue weighted by Crippen LogP contribution is -2.46. The summed E-state index contributed by atoms with van der Waals surface area (Å²) in [6.45, 7) is 2.01. The highest BCUT2D eigenvalue weighted by molar-refractivity contribution is 6.30. The Labute approximate surface area is 204 Å². The van der Waals surface area contributed by atoms with E-state index in [2.05, 4.69) is 15.7 Å². The lowest BCUT2D eigenvalue weighted by Gasteiger charge is -2.27. The van der Waals surface area contributed by atoms with Crippen LogP contribution in [-0.2, 0) is 11.3 Å². The molecule has 1 aliphatic heterocycles. The molecule has 2 aromatic carbocycles. The molecule has 1 aromatic heterocycles. The predicted octanol–water partition coefficient (Wildman–Crippen LogP) is 2.26. The molecule has 2 N–H and O–H groups in total. The zero-order chi connectivity index (χ0) is 24.9. The molecule has 0 saturated carbocycles. The predicted molar refractivity (Wildman–Crippen MR) is 127 cm³/mol. The number of rotatable bonds is 5. The number of nitrogens with one attached hydrogen (secondary N) is 2. The van der Waals surface area contributed by atoms with Gasteiger partial charge in [-0.15, -0.1) is 0 Å². The average molecular weight is 495 g/mol. The third-order valence-corrected chi connectivity index (χ3v) is 5.68. The second-order valence-electron chi connectivity index (χ2n) is 7.84. The molecule has 1 aliphatic rings. The van der Waals surface area contributed by atoms with Crippen molar-refractivity contribution < 1.29 is 14.0 Å². The molecule has 0 aliphatic carbocycles. The molecule has 0 unspecified atom stereocenters. The van der Waals surface area contributed by atoms with E-state index in [1.807, 2.05) is 6.07 Å². The number of amides is 2. The van der Waals surface area contributed by atoms with Crippen molar-refractivity contribution in [3.63, 3.8) is 0 Å². The van der Waals surface area contributed by atoms with Crippen molar-refractivity contribution in [1.29, 1.82) is 5.26 Å². The molecule has 0 atom stereocenters. The largest absolute Gasteiger partial charge is 0.336 e. The zero-order valence-corrected chi connectivity index (χ0v) is 19.2. The Bertz CT molecular complexity index is 1390. The van der Waals surface area contributed by atoms with Gasteiger partial charge in [-0.3, -0.25) is 14.4 Å². The van der Waals surface area contributed by atoms with Crippen molar-refractivity contribution >= 4 is 29.1 Å². The third kappa shape index (κ3) is 5.71. The Morgan fingerprint density at radius 1 is 1.14 bits per heavy atom. The third-order valence-electron chi connectivity index (χ3n) is 5.37. The van der Waals surface area contributed by atoms with E-state index >= 15 is 0 Å².